The van der Waals surface area contributed by atoms with Gasteiger partial charge in [0.15, 0.2) is 0 Å². The fourth-order valence-electron chi connectivity index (χ4n) is 1.39. The molecule has 13 heavy (non-hydrogen) atoms. The minimum absolute atomic E-state index is 0.623. The van der Waals surface area contributed by atoms with E-state index in [1.165, 1.54) is 0 Å². The number of ether oxygens (including phenoxy) is 1. The number of rotatable bonds is 1. The number of anilines is 1. The summed E-state index contributed by atoms with van der Waals surface area (Å²) in [6.45, 7) is 0. The van der Waals surface area contributed by atoms with Gasteiger partial charge in [-0.05, 0) is 12.1 Å². The van der Waals surface area contributed by atoms with Crippen LogP contribution in [0.4, 0.5) is 5.69 Å². The molecule has 1 heterocycles. The first kappa shape index (κ1) is 7.91. The first-order chi connectivity index (χ1) is 6.20. The number of carbonyl (C=O) groups is 1. The van der Waals surface area contributed by atoms with Gasteiger partial charge in [0.2, 0.25) is 0 Å². The van der Waals surface area contributed by atoms with E-state index >= 15 is 0 Å². The van der Waals surface area contributed by atoms with Gasteiger partial charge in [0.05, 0.1) is 5.69 Å². The van der Waals surface area contributed by atoms with Gasteiger partial charge in [0, 0.05) is 7.05 Å². The standard InChI is InChI=1S/C9H9NO3/c1-10-6-4-2-3-5-7(6)13-8(10)9(11)12/h2-5,8H,1H3,(H,11,12). The van der Waals surface area contributed by atoms with E-state index in [4.69, 9.17) is 9.84 Å². The molecule has 0 saturated heterocycles. The van der Waals surface area contributed by atoms with E-state index in [1.54, 1.807) is 18.0 Å². The van der Waals surface area contributed by atoms with Gasteiger partial charge in [-0.15, -0.1) is 0 Å². The number of benzene rings is 1. The van der Waals surface area contributed by atoms with Gasteiger partial charge in [0.25, 0.3) is 6.23 Å². The predicted octanol–water partition coefficient (Wildman–Crippen LogP) is 0.926. The summed E-state index contributed by atoms with van der Waals surface area (Å²) in [6.07, 6.45) is -0.891. The zero-order valence-electron chi connectivity index (χ0n) is 7.10. The minimum Gasteiger partial charge on any atom is -0.477 e. The van der Waals surface area contributed by atoms with E-state index in [0.717, 1.165) is 5.69 Å². The van der Waals surface area contributed by atoms with Gasteiger partial charge >= 0.3 is 5.97 Å². The summed E-state index contributed by atoms with van der Waals surface area (Å²) in [5, 5.41) is 8.79. The molecule has 0 spiro atoms. The van der Waals surface area contributed by atoms with Crippen molar-refractivity contribution in [1.82, 2.24) is 0 Å². The van der Waals surface area contributed by atoms with Crippen molar-refractivity contribution in [1.29, 1.82) is 0 Å². The number of fused-ring (bicyclic) bond motifs is 1. The lowest BCUT2D eigenvalue weighted by atomic mass is 10.3. The number of aliphatic carboxylic acids is 1. The maximum atomic E-state index is 10.7. The van der Waals surface area contributed by atoms with E-state index in [-0.39, 0.29) is 0 Å². The van der Waals surface area contributed by atoms with Crippen LogP contribution >= 0.6 is 0 Å². The molecule has 1 aliphatic heterocycles. The quantitative estimate of drug-likeness (QED) is 0.696. The van der Waals surface area contributed by atoms with Crippen LogP contribution in [-0.4, -0.2) is 24.4 Å². The fraction of sp³-hybridized carbons (Fsp3) is 0.222. The third-order valence-electron chi connectivity index (χ3n) is 2.05. The van der Waals surface area contributed by atoms with Crippen molar-refractivity contribution < 1.29 is 14.6 Å². The number of para-hydroxylation sites is 2. The molecule has 4 nitrogen and oxygen atoms in total. The van der Waals surface area contributed by atoms with Crippen LogP contribution in [0.25, 0.3) is 0 Å². The molecule has 1 aromatic carbocycles. The van der Waals surface area contributed by atoms with Crippen LogP contribution in [0.15, 0.2) is 24.3 Å². The van der Waals surface area contributed by atoms with Gasteiger partial charge in [-0.3, -0.25) is 0 Å². The molecule has 0 amide bonds. The topological polar surface area (TPSA) is 49.8 Å². The minimum atomic E-state index is -0.973. The number of likely N-dealkylation sites (N-methyl/N-ethyl adjacent to an activating group) is 1. The smallest absolute Gasteiger partial charge is 0.366 e. The van der Waals surface area contributed by atoms with Crippen molar-refractivity contribution in [3.05, 3.63) is 24.3 Å². The zero-order chi connectivity index (χ0) is 9.42. The first-order valence-electron chi connectivity index (χ1n) is 3.91. The molecule has 1 N–H and O–H groups in total. The second kappa shape index (κ2) is 2.65. The van der Waals surface area contributed by atoms with Crippen molar-refractivity contribution >= 4 is 11.7 Å². The van der Waals surface area contributed by atoms with E-state index in [1.807, 2.05) is 18.2 Å². The number of nitrogens with zero attached hydrogens (tertiary/aromatic N) is 1. The zero-order valence-corrected chi connectivity index (χ0v) is 7.10. The maximum Gasteiger partial charge on any atom is 0.366 e. The van der Waals surface area contributed by atoms with Gasteiger partial charge in [-0.1, -0.05) is 12.1 Å². The number of carboxylic acids is 1. The van der Waals surface area contributed by atoms with Crippen LogP contribution in [0.1, 0.15) is 0 Å². The van der Waals surface area contributed by atoms with Crippen molar-refractivity contribution in [3.63, 3.8) is 0 Å². The average Bonchev–Trinajstić information content (AvgIpc) is 2.45. The Bertz CT molecular complexity index is 350. The molecule has 0 bridgehead atoms. The Balaban J connectivity index is 2.38. The van der Waals surface area contributed by atoms with Crippen LogP contribution in [0, 0.1) is 0 Å². The Hall–Kier alpha value is -1.71. The molecule has 0 aromatic heterocycles. The summed E-state index contributed by atoms with van der Waals surface area (Å²) in [6, 6.07) is 7.26. The molecule has 0 radical (unpaired) electrons. The van der Waals surface area contributed by atoms with Crippen LogP contribution in [0.2, 0.25) is 0 Å². The number of hydrogen-bond acceptors (Lipinski definition) is 3. The summed E-state index contributed by atoms with van der Waals surface area (Å²) >= 11 is 0. The summed E-state index contributed by atoms with van der Waals surface area (Å²) in [4.78, 5) is 12.3. The highest BCUT2D eigenvalue weighted by atomic mass is 16.5. The Kier molecular flexibility index (Phi) is 1.62. The third kappa shape index (κ3) is 1.11. The fourth-order valence-corrected chi connectivity index (χ4v) is 1.39. The predicted molar refractivity (Wildman–Crippen MR) is 46.9 cm³/mol. The van der Waals surface area contributed by atoms with Crippen LogP contribution < -0.4 is 9.64 Å². The number of carboxylic acid groups (broad SMARTS) is 1. The Morgan fingerprint density at radius 3 is 2.85 bits per heavy atom. The monoisotopic (exact) mass is 179 g/mol. The summed E-state index contributed by atoms with van der Waals surface area (Å²) in [5.74, 6) is -0.351. The molecule has 68 valence electrons. The van der Waals surface area contributed by atoms with Gasteiger partial charge < -0.3 is 14.7 Å². The molecular formula is C9H9NO3. The van der Waals surface area contributed by atoms with Crippen molar-refractivity contribution in [2.45, 2.75) is 6.23 Å². The van der Waals surface area contributed by atoms with Crippen LogP contribution in [-0.2, 0) is 4.79 Å². The van der Waals surface area contributed by atoms with Gasteiger partial charge in [-0.25, -0.2) is 4.79 Å². The van der Waals surface area contributed by atoms with Crippen LogP contribution in [0.5, 0.6) is 5.75 Å². The largest absolute Gasteiger partial charge is 0.477 e. The van der Waals surface area contributed by atoms with E-state index in [2.05, 4.69) is 0 Å². The summed E-state index contributed by atoms with van der Waals surface area (Å²) in [7, 11) is 1.70. The Labute approximate surface area is 75.3 Å². The highest BCUT2D eigenvalue weighted by Gasteiger charge is 2.33. The molecule has 1 aliphatic rings. The van der Waals surface area contributed by atoms with Gasteiger partial charge in [-0.2, -0.15) is 0 Å². The molecule has 2 rings (SSSR count). The Morgan fingerprint density at radius 2 is 2.23 bits per heavy atom. The second-order valence-corrected chi connectivity index (χ2v) is 2.89. The normalized spacial score (nSPS) is 19.5. The molecule has 0 fully saturated rings. The lowest BCUT2D eigenvalue weighted by Gasteiger charge is -2.15. The van der Waals surface area contributed by atoms with Crippen LogP contribution in [0.3, 0.4) is 0 Å². The molecule has 1 unspecified atom stereocenters. The lowest BCUT2D eigenvalue weighted by Crippen LogP contribution is -2.38. The molecule has 0 saturated carbocycles. The summed E-state index contributed by atoms with van der Waals surface area (Å²) < 4.78 is 5.21. The lowest BCUT2D eigenvalue weighted by molar-refractivity contribution is -0.144. The molecular weight excluding hydrogens is 170 g/mol. The molecule has 4 heteroatoms. The van der Waals surface area contributed by atoms with Crippen molar-refractivity contribution in [3.8, 4) is 5.75 Å². The average molecular weight is 179 g/mol. The van der Waals surface area contributed by atoms with E-state index in [0.29, 0.717) is 5.75 Å². The molecule has 0 aliphatic carbocycles. The number of hydrogen-bond donors (Lipinski definition) is 1. The van der Waals surface area contributed by atoms with E-state index in [9.17, 15) is 4.79 Å². The molecule has 1 atom stereocenters. The second-order valence-electron chi connectivity index (χ2n) is 2.89. The highest BCUT2D eigenvalue weighted by molar-refractivity contribution is 5.80. The highest BCUT2D eigenvalue weighted by Crippen LogP contribution is 2.35. The van der Waals surface area contributed by atoms with Crippen molar-refractivity contribution in [2.24, 2.45) is 0 Å². The first-order valence-corrected chi connectivity index (χ1v) is 3.91. The summed E-state index contributed by atoms with van der Waals surface area (Å²) in [5.41, 5.74) is 0.815. The third-order valence-corrected chi connectivity index (χ3v) is 2.05. The Morgan fingerprint density at radius 1 is 1.54 bits per heavy atom. The SMILES string of the molecule is CN1c2ccccc2OC1C(=O)O. The van der Waals surface area contributed by atoms with Gasteiger partial charge in [0.1, 0.15) is 5.75 Å². The van der Waals surface area contributed by atoms with E-state index < -0.39 is 12.2 Å². The van der Waals surface area contributed by atoms with Crippen molar-refractivity contribution in [2.75, 3.05) is 11.9 Å². The maximum absolute atomic E-state index is 10.7. The molecule has 1 aromatic rings.